The highest BCUT2D eigenvalue weighted by Crippen LogP contribution is 2.56. The van der Waals surface area contributed by atoms with Crippen LogP contribution in [-0.2, 0) is 10.8 Å². The van der Waals surface area contributed by atoms with Gasteiger partial charge in [0.05, 0.1) is 11.1 Å². The van der Waals surface area contributed by atoms with E-state index >= 15 is 0 Å². The van der Waals surface area contributed by atoms with Crippen LogP contribution in [0.1, 0.15) is 49.9 Å². The SMILES string of the molecule is CC1(C)c2ccccc2-c2ccc(-c3cccc(N(c4cccc(-c5cccc6c5sc5ccccc56)c4)c4cccc5oc6c7c(ccc6c45)C(C)(C)c4cc5ccc6ccccc6c5cc4-7)c3)cc21. The largest absolute Gasteiger partial charge is 0.455 e. The summed E-state index contributed by atoms with van der Waals surface area (Å²) < 4.78 is 9.85. The Balaban J connectivity index is 0.950. The van der Waals surface area contributed by atoms with E-state index in [0.29, 0.717) is 0 Å². The highest BCUT2D eigenvalue weighted by atomic mass is 32.1. The Morgan fingerprint density at radius 2 is 1.06 bits per heavy atom. The van der Waals surface area contributed by atoms with Crippen molar-refractivity contribution in [3.8, 4) is 44.5 Å². The summed E-state index contributed by atoms with van der Waals surface area (Å²) in [6, 6.07) is 79.2. The average molecular weight is 926 g/mol. The van der Waals surface area contributed by atoms with Crippen molar-refractivity contribution in [3.63, 3.8) is 0 Å². The molecule has 13 aromatic rings. The zero-order valence-corrected chi connectivity index (χ0v) is 40.8. The van der Waals surface area contributed by atoms with Crippen LogP contribution < -0.4 is 4.90 Å². The first kappa shape index (κ1) is 40.6. The van der Waals surface area contributed by atoms with Crippen molar-refractivity contribution < 1.29 is 4.42 Å². The second-order valence-corrected chi connectivity index (χ2v) is 21.8. The summed E-state index contributed by atoms with van der Waals surface area (Å²) in [5.41, 5.74) is 20.1. The molecule has 336 valence electrons. The van der Waals surface area contributed by atoms with Gasteiger partial charge in [-0.15, -0.1) is 11.3 Å². The van der Waals surface area contributed by atoms with Gasteiger partial charge in [0.1, 0.15) is 11.2 Å². The number of anilines is 3. The molecule has 0 radical (unpaired) electrons. The minimum absolute atomic E-state index is 0.0991. The lowest BCUT2D eigenvalue weighted by molar-refractivity contribution is 0.653. The molecule has 11 aromatic carbocycles. The molecule has 15 rings (SSSR count). The Labute approximate surface area is 416 Å². The number of fused-ring (bicyclic) bond motifs is 16. The van der Waals surface area contributed by atoms with E-state index in [1.165, 1.54) is 108 Å². The lowest BCUT2D eigenvalue weighted by atomic mass is 9.81. The number of hydrogen-bond donors (Lipinski definition) is 0. The van der Waals surface area contributed by atoms with E-state index in [4.69, 9.17) is 4.42 Å². The van der Waals surface area contributed by atoms with Crippen LogP contribution in [0.15, 0.2) is 217 Å². The van der Waals surface area contributed by atoms with Gasteiger partial charge >= 0.3 is 0 Å². The summed E-state index contributed by atoms with van der Waals surface area (Å²) >= 11 is 1.88. The number of thiophene rings is 1. The van der Waals surface area contributed by atoms with Crippen molar-refractivity contribution in [2.24, 2.45) is 0 Å². The van der Waals surface area contributed by atoms with Crippen LogP contribution in [0.3, 0.4) is 0 Å². The molecule has 0 spiro atoms. The predicted octanol–water partition coefficient (Wildman–Crippen LogP) is 19.7. The molecule has 0 fully saturated rings. The number of hydrogen-bond acceptors (Lipinski definition) is 3. The normalized spacial score (nSPS) is 14.1. The molecule has 0 atom stereocenters. The monoisotopic (exact) mass is 925 g/mol. The Hall–Kier alpha value is -8.24. The van der Waals surface area contributed by atoms with Gasteiger partial charge in [-0.05, 0) is 143 Å². The van der Waals surface area contributed by atoms with Crippen LogP contribution in [0.25, 0.3) is 108 Å². The van der Waals surface area contributed by atoms with E-state index in [9.17, 15) is 0 Å². The molecule has 2 nitrogen and oxygen atoms in total. The molecule has 2 heterocycles. The van der Waals surface area contributed by atoms with E-state index in [0.717, 1.165) is 39.0 Å². The maximum absolute atomic E-state index is 7.23. The van der Waals surface area contributed by atoms with E-state index < -0.39 is 0 Å². The van der Waals surface area contributed by atoms with Crippen LogP contribution >= 0.6 is 11.3 Å². The third-order valence-corrected chi connectivity index (χ3v) is 17.4. The van der Waals surface area contributed by atoms with Gasteiger partial charge in [0, 0.05) is 53.3 Å². The van der Waals surface area contributed by atoms with Gasteiger partial charge in [0.25, 0.3) is 0 Å². The molecular weight excluding hydrogens is 879 g/mol. The first-order valence-electron chi connectivity index (χ1n) is 24.8. The minimum atomic E-state index is -0.208. The van der Waals surface area contributed by atoms with Gasteiger partial charge in [0.2, 0.25) is 0 Å². The van der Waals surface area contributed by atoms with E-state index in [2.05, 4.69) is 245 Å². The molecule has 2 aliphatic carbocycles. The summed E-state index contributed by atoms with van der Waals surface area (Å²) in [5.74, 6) is 0. The zero-order valence-electron chi connectivity index (χ0n) is 40.0. The van der Waals surface area contributed by atoms with Crippen molar-refractivity contribution in [1.82, 2.24) is 0 Å². The predicted molar refractivity (Wildman–Crippen MR) is 302 cm³/mol. The number of rotatable bonds is 5. The molecule has 0 amide bonds. The van der Waals surface area contributed by atoms with Crippen LogP contribution in [-0.4, -0.2) is 0 Å². The molecule has 0 aliphatic heterocycles. The minimum Gasteiger partial charge on any atom is -0.455 e. The van der Waals surface area contributed by atoms with Crippen LogP contribution in [0.2, 0.25) is 0 Å². The fourth-order valence-corrected chi connectivity index (χ4v) is 13.9. The molecular formula is C68H47NOS. The molecule has 3 heteroatoms. The topological polar surface area (TPSA) is 16.4 Å². The summed E-state index contributed by atoms with van der Waals surface area (Å²) in [4.78, 5) is 2.47. The summed E-state index contributed by atoms with van der Waals surface area (Å²) in [7, 11) is 0. The summed E-state index contributed by atoms with van der Waals surface area (Å²) in [6.07, 6.45) is 0. The fraction of sp³-hybridized carbons (Fsp3) is 0.0882. The van der Waals surface area contributed by atoms with Gasteiger partial charge < -0.3 is 9.32 Å². The Kier molecular flexibility index (Phi) is 8.38. The zero-order chi connectivity index (χ0) is 47.3. The average Bonchev–Trinajstić information content (AvgIpc) is 4.11. The van der Waals surface area contributed by atoms with Crippen molar-refractivity contribution in [2.75, 3.05) is 4.90 Å². The van der Waals surface area contributed by atoms with Crippen molar-refractivity contribution in [1.29, 1.82) is 0 Å². The van der Waals surface area contributed by atoms with Crippen LogP contribution in [0.5, 0.6) is 0 Å². The maximum atomic E-state index is 7.23. The van der Waals surface area contributed by atoms with Gasteiger partial charge in [-0.1, -0.05) is 179 Å². The van der Waals surface area contributed by atoms with Gasteiger partial charge in [-0.3, -0.25) is 0 Å². The Morgan fingerprint density at radius 3 is 1.94 bits per heavy atom. The molecule has 0 saturated carbocycles. The third-order valence-electron chi connectivity index (χ3n) is 16.2. The quantitative estimate of drug-likeness (QED) is 0.160. The van der Waals surface area contributed by atoms with E-state index in [1.807, 2.05) is 11.3 Å². The van der Waals surface area contributed by atoms with Gasteiger partial charge in [-0.2, -0.15) is 0 Å². The molecule has 0 saturated heterocycles. The molecule has 2 aliphatic rings. The Bertz CT molecular complexity index is 4430. The Morgan fingerprint density at radius 1 is 0.394 bits per heavy atom. The van der Waals surface area contributed by atoms with Crippen LogP contribution in [0.4, 0.5) is 17.1 Å². The molecule has 0 N–H and O–H groups in total. The number of furan rings is 1. The van der Waals surface area contributed by atoms with Crippen molar-refractivity contribution in [2.45, 2.75) is 38.5 Å². The molecule has 0 bridgehead atoms. The lowest BCUT2D eigenvalue weighted by Gasteiger charge is -2.27. The fourth-order valence-electron chi connectivity index (χ4n) is 12.7. The van der Waals surface area contributed by atoms with Crippen LogP contribution in [0, 0.1) is 0 Å². The van der Waals surface area contributed by atoms with E-state index in [-0.39, 0.29) is 10.8 Å². The highest BCUT2D eigenvalue weighted by Gasteiger charge is 2.39. The molecule has 0 unspecified atom stereocenters. The first-order valence-corrected chi connectivity index (χ1v) is 25.6. The summed E-state index contributed by atoms with van der Waals surface area (Å²) in [6.45, 7) is 9.46. The standard InChI is InChI=1S/C68H47NOS/c1-67(2)56-25-9-7-21-49(56)50-32-31-42(37-58(50)67)41-16-11-18-45(35-41)69(46-19-12-17-43(36-46)48-23-13-24-52-51-22-8-10-28-62(51)71-66(48)52)60-26-14-27-61-64(60)53-33-34-57-63(65(53)70-61)55-39-54-44(38-59(55)68(57,3)4)30-29-40-15-5-6-20-47(40)54/h5-39H,1-4H3. The van der Waals surface area contributed by atoms with E-state index in [1.54, 1.807) is 0 Å². The summed E-state index contributed by atoms with van der Waals surface area (Å²) in [5, 5.41) is 9.88. The van der Waals surface area contributed by atoms with Crippen molar-refractivity contribution in [3.05, 3.63) is 235 Å². The second-order valence-electron chi connectivity index (χ2n) is 20.8. The van der Waals surface area contributed by atoms with Crippen molar-refractivity contribution >= 4 is 92.1 Å². The second kappa shape index (κ2) is 14.6. The van der Waals surface area contributed by atoms with Gasteiger partial charge in [0.15, 0.2) is 0 Å². The molecule has 71 heavy (non-hydrogen) atoms. The third kappa shape index (κ3) is 5.76. The molecule has 2 aromatic heterocycles. The number of nitrogens with zero attached hydrogens (tertiary/aromatic N) is 1. The smallest absolute Gasteiger partial charge is 0.143 e. The number of benzene rings is 11. The highest BCUT2D eigenvalue weighted by molar-refractivity contribution is 7.26. The van der Waals surface area contributed by atoms with Gasteiger partial charge in [-0.25, -0.2) is 0 Å². The lowest BCUT2D eigenvalue weighted by Crippen LogP contribution is -2.14. The first-order chi connectivity index (χ1) is 34.7. The maximum Gasteiger partial charge on any atom is 0.143 e.